The number of fused-ring (bicyclic) bond motifs is 3. The van der Waals surface area contributed by atoms with Crippen LogP contribution in [0.3, 0.4) is 0 Å². The number of nitrogens with zero attached hydrogens (tertiary/aromatic N) is 3. The monoisotopic (exact) mass is 456 g/mol. The molecule has 2 aromatic heterocycles. The molecule has 0 fully saturated rings. The lowest BCUT2D eigenvalue weighted by Gasteiger charge is -2.36. The van der Waals surface area contributed by atoms with E-state index in [0.717, 1.165) is 38.9 Å². The van der Waals surface area contributed by atoms with Crippen molar-refractivity contribution >= 4 is 49.5 Å². The maximum absolute atomic E-state index is 4.54. The maximum atomic E-state index is 4.54. The highest BCUT2D eigenvalue weighted by Gasteiger charge is 2.33. The predicted octanol–water partition coefficient (Wildman–Crippen LogP) is 6.44. The van der Waals surface area contributed by atoms with Gasteiger partial charge >= 0.3 is 0 Å². The number of thiophene rings is 1. The van der Waals surface area contributed by atoms with Crippen LogP contribution in [0.15, 0.2) is 40.2 Å². The lowest BCUT2D eigenvalue weighted by molar-refractivity contribution is 0.184. The van der Waals surface area contributed by atoms with Crippen molar-refractivity contribution in [1.82, 2.24) is 9.97 Å². The fourth-order valence-electron chi connectivity index (χ4n) is 3.87. The average molecular weight is 457 g/mol. The highest BCUT2D eigenvalue weighted by atomic mass is 79.9. The minimum atomic E-state index is 0.356. The summed E-state index contributed by atoms with van der Waals surface area (Å²) < 4.78 is 1.06. The van der Waals surface area contributed by atoms with E-state index in [0.29, 0.717) is 11.3 Å². The Morgan fingerprint density at radius 2 is 2.07 bits per heavy atom. The number of hydrazone groups is 1. The number of anilines is 1. The normalized spacial score (nSPS) is 17.2. The van der Waals surface area contributed by atoms with Gasteiger partial charge in [0.2, 0.25) is 0 Å². The Labute approximate surface area is 178 Å². The van der Waals surface area contributed by atoms with Gasteiger partial charge in [0, 0.05) is 9.35 Å². The van der Waals surface area contributed by atoms with Gasteiger partial charge in [-0.2, -0.15) is 5.10 Å². The second-order valence-electron chi connectivity index (χ2n) is 8.11. The Morgan fingerprint density at radius 3 is 2.82 bits per heavy atom. The van der Waals surface area contributed by atoms with Crippen molar-refractivity contribution in [3.8, 4) is 0 Å². The molecule has 0 aliphatic heterocycles. The molecular weight excluding hydrogens is 432 g/mol. The molecule has 1 aliphatic carbocycles. The van der Waals surface area contributed by atoms with E-state index in [2.05, 4.69) is 57.2 Å². The van der Waals surface area contributed by atoms with Gasteiger partial charge < -0.3 is 0 Å². The van der Waals surface area contributed by atoms with Crippen LogP contribution in [-0.2, 0) is 12.8 Å². The maximum Gasteiger partial charge on any atom is 0.158 e. The van der Waals surface area contributed by atoms with E-state index in [1.54, 1.807) is 6.33 Å². The van der Waals surface area contributed by atoms with Gasteiger partial charge in [0.15, 0.2) is 5.82 Å². The molecule has 1 atom stereocenters. The van der Waals surface area contributed by atoms with Crippen molar-refractivity contribution in [3.63, 3.8) is 0 Å². The molecule has 4 nitrogen and oxygen atoms in total. The number of hydrogen-bond acceptors (Lipinski definition) is 5. The fraction of sp³-hybridized carbons (Fsp3) is 0.409. The van der Waals surface area contributed by atoms with Gasteiger partial charge in [-0.1, -0.05) is 55.3 Å². The van der Waals surface area contributed by atoms with E-state index in [1.165, 1.54) is 23.3 Å². The van der Waals surface area contributed by atoms with Crippen molar-refractivity contribution in [1.29, 1.82) is 0 Å². The molecule has 0 spiro atoms. The lowest BCUT2D eigenvalue weighted by Crippen LogP contribution is -2.28. The molecule has 0 amide bonds. The molecule has 6 heteroatoms. The first-order valence-electron chi connectivity index (χ1n) is 9.78. The number of aromatic nitrogens is 2. The first-order valence-corrected chi connectivity index (χ1v) is 11.4. The van der Waals surface area contributed by atoms with Crippen LogP contribution >= 0.6 is 27.3 Å². The van der Waals surface area contributed by atoms with Crippen molar-refractivity contribution in [3.05, 3.63) is 51.1 Å². The van der Waals surface area contributed by atoms with Gasteiger partial charge in [0.05, 0.1) is 11.6 Å². The molecule has 0 unspecified atom stereocenters. The molecule has 0 saturated carbocycles. The molecule has 0 radical (unpaired) electrons. The fourth-order valence-corrected chi connectivity index (χ4v) is 5.31. The number of rotatable bonds is 5. The quantitative estimate of drug-likeness (QED) is 0.354. The Hall–Kier alpha value is -1.79. The summed E-state index contributed by atoms with van der Waals surface area (Å²) in [6, 6.07) is 8.06. The Morgan fingerprint density at radius 1 is 1.29 bits per heavy atom. The van der Waals surface area contributed by atoms with Crippen LogP contribution in [-0.4, -0.2) is 16.2 Å². The third-order valence-electron chi connectivity index (χ3n) is 6.11. The van der Waals surface area contributed by atoms with E-state index in [-0.39, 0.29) is 0 Å². The number of benzene rings is 1. The Kier molecular flexibility index (Phi) is 5.52. The largest absolute Gasteiger partial charge is 0.261 e. The van der Waals surface area contributed by atoms with Crippen LogP contribution in [0.4, 0.5) is 5.82 Å². The topological polar surface area (TPSA) is 50.2 Å². The molecule has 1 aromatic carbocycles. The summed E-state index contributed by atoms with van der Waals surface area (Å²) in [5.74, 6) is 1.51. The van der Waals surface area contributed by atoms with Crippen molar-refractivity contribution < 1.29 is 0 Å². The predicted molar refractivity (Wildman–Crippen MR) is 122 cm³/mol. The molecule has 28 heavy (non-hydrogen) atoms. The first-order chi connectivity index (χ1) is 13.5. The highest BCUT2D eigenvalue weighted by Crippen LogP contribution is 2.45. The first kappa shape index (κ1) is 19.5. The molecular formula is C22H25BrN4S. The van der Waals surface area contributed by atoms with Gasteiger partial charge in [0.1, 0.15) is 11.2 Å². The van der Waals surface area contributed by atoms with Crippen LogP contribution in [0.1, 0.15) is 49.6 Å². The SMILES string of the molecule is CCC(C)(C)[C@H]1CCc2sc3ncnc(N/N=C/c4ccc(Br)cc4)c3c2C1. The average Bonchev–Trinajstić information content (AvgIpc) is 3.08. The minimum absolute atomic E-state index is 0.356. The molecule has 4 rings (SSSR count). The van der Waals surface area contributed by atoms with Gasteiger partial charge in [0.25, 0.3) is 0 Å². The van der Waals surface area contributed by atoms with Crippen LogP contribution < -0.4 is 5.43 Å². The number of nitrogens with one attached hydrogen (secondary N) is 1. The Bertz CT molecular complexity index is 1010. The summed E-state index contributed by atoms with van der Waals surface area (Å²) in [4.78, 5) is 11.6. The second-order valence-corrected chi connectivity index (χ2v) is 10.1. The zero-order valence-corrected chi connectivity index (χ0v) is 18.9. The third-order valence-corrected chi connectivity index (χ3v) is 7.84. The third kappa shape index (κ3) is 3.85. The summed E-state index contributed by atoms with van der Waals surface area (Å²) in [7, 11) is 0. The zero-order chi connectivity index (χ0) is 19.7. The van der Waals surface area contributed by atoms with Gasteiger partial charge in [-0.05, 0) is 53.9 Å². The van der Waals surface area contributed by atoms with Gasteiger partial charge in [-0.25, -0.2) is 9.97 Å². The van der Waals surface area contributed by atoms with E-state index >= 15 is 0 Å². The molecule has 1 N–H and O–H groups in total. The standard InChI is InChI=1S/C22H25BrN4S/c1-4-22(2,3)15-7-10-18-17(11-15)19-20(24-13-25-21(19)28-18)27-26-12-14-5-8-16(23)9-6-14/h5-6,8-9,12-13,15H,4,7,10-11H2,1-3H3,(H,24,25,27)/b26-12+/t15-/m0/s1. The highest BCUT2D eigenvalue weighted by molar-refractivity contribution is 9.10. The number of aryl methyl sites for hydroxylation is 1. The van der Waals surface area contributed by atoms with E-state index in [1.807, 2.05) is 41.8 Å². The Balaban J connectivity index is 1.63. The van der Waals surface area contributed by atoms with Crippen molar-refractivity contribution in [2.75, 3.05) is 5.43 Å². The molecule has 3 aromatic rings. The van der Waals surface area contributed by atoms with E-state index in [9.17, 15) is 0 Å². The molecule has 146 valence electrons. The molecule has 0 bridgehead atoms. The minimum Gasteiger partial charge on any atom is -0.261 e. The van der Waals surface area contributed by atoms with Crippen LogP contribution in [0.5, 0.6) is 0 Å². The van der Waals surface area contributed by atoms with E-state index in [4.69, 9.17) is 0 Å². The van der Waals surface area contributed by atoms with Gasteiger partial charge in [-0.15, -0.1) is 11.3 Å². The van der Waals surface area contributed by atoms with Crippen LogP contribution in [0, 0.1) is 11.3 Å². The smallest absolute Gasteiger partial charge is 0.158 e. The number of hydrogen-bond donors (Lipinski definition) is 1. The summed E-state index contributed by atoms with van der Waals surface area (Å²) in [5.41, 5.74) is 5.99. The van der Waals surface area contributed by atoms with E-state index < -0.39 is 0 Å². The molecule has 2 heterocycles. The zero-order valence-electron chi connectivity index (χ0n) is 16.5. The molecule has 0 saturated heterocycles. The summed E-state index contributed by atoms with van der Waals surface area (Å²) in [6.45, 7) is 7.10. The van der Waals surface area contributed by atoms with Gasteiger partial charge in [-0.3, -0.25) is 5.43 Å². The second kappa shape index (κ2) is 7.91. The molecule has 1 aliphatic rings. The van der Waals surface area contributed by atoms with Crippen molar-refractivity contribution in [2.24, 2.45) is 16.4 Å². The van der Waals surface area contributed by atoms with Crippen LogP contribution in [0.2, 0.25) is 0 Å². The summed E-state index contributed by atoms with van der Waals surface area (Å²) in [5, 5.41) is 5.59. The lowest BCUT2D eigenvalue weighted by atomic mass is 9.69. The van der Waals surface area contributed by atoms with Crippen LogP contribution in [0.25, 0.3) is 10.2 Å². The van der Waals surface area contributed by atoms with Crippen molar-refractivity contribution in [2.45, 2.75) is 46.5 Å². The summed E-state index contributed by atoms with van der Waals surface area (Å²) in [6.07, 6.45) is 8.17. The summed E-state index contributed by atoms with van der Waals surface area (Å²) >= 11 is 5.27. The number of halogens is 1.